The van der Waals surface area contributed by atoms with Gasteiger partial charge in [0.25, 0.3) is 0 Å². The number of aryl methyl sites for hydroxylation is 1. The Labute approximate surface area is 127 Å². The first-order valence-corrected chi connectivity index (χ1v) is 7.56. The molecule has 1 fully saturated rings. The van der Waals surface area contributed by atoms with Crippen LogP contribution in [0.3, 0.4) is 0 Å². The van der Waals surface area contributed by atoms with E-state index in [2.05, 4.69) is 39.0 Å². The molecule has 1 aliphatic rings. The first kappa shape index (κ1) is 13.6. The Kier molecular flexibility index (Phi) is 3.81. The van der Waals surface area contributed by atoms with Crippen molar-refractivity contribution in [3.05, 3.63) is 34.9 Å². The number of nitrogens with zero attached hydrogens (tertiary/aromatic N) is 3. The highest BCUT2D eigenvalue weighted by Gasteiger charge is 2.23. The molecule has 0 radical (unpaired) electrons. The molecule has 1 aromatic heterocycles. The Morgan fingerprint density at radius 3 is 2.75 bits per heavy atom. The molecular weight excluding hydrogens is 318 g/mol. The maximum absolute atomic E-state index is 6.21. The maximum atomic E-state index is 6.21. The van der Waals surface area contributed by atoms with Crippen molar-refractivity contribution in [2.24, 2.45) is 7.05 Å². The minimum absolute atomic E-state index is 0.271. The summed E-state index contributed by atoms with van der Waals surface area (Å²) in [5.41, 5.74) is 2.13. The summed E-state index contributed by atoms with van der Waals surface area (Å²) in [7, 11) is 4.08. The summed E-state index contributed by atoms with van der Waals surface area (Å²) in [6.07, 6.45) is 3.17. The summed E-state index contributed by atoms with van der Waals surface area (Å²) in [5.74, 6) is 0.928. The zero-order valence-electron chi connectivity index (χ0n) is 11.7. The molecule has 20 heavy (non-hydrogen) atoms. The number of hydrogen-bond donors (Lipinski definition) is 0. The van der Waals surface area contributed by atoms with E-state index in [0.717, 1.165) is 41.0 Å². The zero-order chi connectivity index (χ0) is 14.1. The molecular formula is C15H18BrN3O. The lowest BCUT2D eigenvalue weighted by atomic mass is 10.1. The molecule has 1 atom stereocenters. The lowest BCUT2D eigenvalue weighted by Crippen LogP contribution is -2.21. The second kappa shape index (κ2) is 5.58. The van der Waals surface area contributed by atoms with E-state index < -0.39 is 0 Å². The SMILES string of the molecule is CN1CC[C@@H](Oc2ccccc2-c2c(Br)cnn2C)C1. The predicted molar refractivity (Wildman–Crippen MR) is 82.9 cm³/mol. The van der Waals surface area contributed by atoms with Crippen LogP contribution in [0.4, 0.5) is 0 Å². The van der Waals surface area contributed by atoms with Gasteiger partial charge in [-0.05, 0) is 41.5 Å². The number of halogens is 1. The van der Waals surface area contributed by atoms with E-state index >= 15 is 0 Å². The third-order valence-corrected chi connectivity index (χ3v) is 4.26. The fraction of sp³-hybridized carbons (Fsp3) is 0.400. The topological polar surface area (TPSA) is 30.3 Å². The van der Waals surface area contributed by atoms with Gasteiger partial charge in [-0.15, -0.1) is 0 Å². The molecule has 0 bridgehead atoms. The molecule has 0 N–H and O–H groups in total. The van der Waals surface area contributed by atoms with Crippen molar-refractivity contribution in [3.8, 4) is 17.0 Å². The molecule has 2 heterocycles. The number of aromatic nitrogens is 2. The van der Waals surface area contributed by atoms with Gasteiger partial charge in [0.05, 0.1) is 16.4 Å². The number of ether oxygens (including phenoxy) is 1. The van der Waals surface area contributed by atoms with Crippen LogP contribution in [0.1, 0.15) is 6.42 Å². The molecule has 0 spiro atoms. The normalized spacial score (nSPS) is 19.4. The number of benzene rings is 1. The first-order valence-electron chi connectivity index (χ1n) is 6.77. The van der Waals surface area contributed by atoms with Crippen molar-refractivity contribution in [3.63, 3.8) is 0 Å². The summed E-state index contributed by atoms with van der Waals surface area (Å²) in [5, 5.41) is 4.28. The smallest absolute Gasteiger partial charge is 0.129 e. The number of likely N-dealkylation sites (tertiary alicyclic amines) is 1. The van der Waals surface area contributed by atoms with E-state index in [0.29, 0.717) is 0 Å². The van der Waals surface area contributed by atoms with Gasteiger partial charge in [-0.3, -0.25) is 4.68 Å². The van der Waals surface area contributed by atoms with Gasteiger partial charge in [-0.25, -0.2) is 0 Å². The van der Waals surface area contributed by atoms with Crippen LogP contribution in [-0.2, 0) is 7.05 Å². The Morgan fingerprint density at radius 2 is 2.10 bits per heavy atom. The van der Waals surface area contributed by atoms with E-state index in [-0.39, 0.29) is 6.10 Å². The number of likely N-dealkylation sites (N-methyl/N-ethyl adjacent to an activating group) is 1. The quantitative estimate of drug-likeness (QED) is 0.863. The van der Waals surface area contributed by atoms with Crippen molar-refractivity contribution in [2.75, 3.05) is 20.1 Å². The zero-order valence-corrected chi connectivity index (χ0v) is 13.3. The van der Waals surface area contributed by atoms with Crippen LogP contribution < -0.4 is 4.74 Å². The van der Waals surface area contributed by atoms with Crippen LogP contribution in [0.15, 0.2) is 34.9 Å². The summed E-state index contributed by atoms with van der Waals surface area (Å²) < 4.78 is 9.06. The highest BCUT2D eigenvalue weighted by atomic mass is 79.9. The largest absolute Gasteiger partial charge is 0.488 e. The number of hydrogen-bond acceptors (Lipinski definition) is 3. The fourth-order valence-corrected chi connectivity index (χ4v) is 3.21. The first-order chi connectivity index (χ1) is 9.65. The van der Waals surface area contributed by atoms with E-state index in [1.54, 1.807) is 0 Å². The average Bonchev–Trinajstić information content (AvgIpc) is 2.98. The second-order valence-electron chi connectivity index (χ2n) is 5.25. The monoisotopic (exact) mass is 335 g/mol. The van der Waals surface area contributed by atoms with Gasteiger partial charge < -0.3 is 9.64 Å². The molecule has 1 aliphatic heterocycles. The van der Waals surface area contributed by atoms with Gasteiger partial charge in [0.2, 0.25) is 0 Å². The summed E-state index contributed by atoms with van der Waals surface area (Å²) in [6, 6.07) is 8.16. The molecule has 3 rings (SSSR count). The highest BCUT2D eigenvalue weighted by molar-refractivity contribution is 9.10. The van der Waals surface area contributed by atoms with Gasteiger partial charge in [0, 0.05) is 25.7 Å². The van der Waals surface area contributed by atoms with Crippen molar-refractivity contribution in [1.82, 2.24) is 14.7 Å². The minimum atomic E-state index is 0.271. The van der Waals surface area contributed by atoms with Crippen LogP contribution in [0.25, 0.3) is 11.3 Å². The molecule has 106 valence electrons. The second-order valence-corrected chi connectivity index (χ2v) is 6.11. The van der Waals surface area contributed by atoms with Gasteiger partial charge >= 0.3 is 0 Å². The summed E-state index contributed by atoms with van der Waals surface area (Å²) in [4.78, 5) is 2.30. The van der Waals surface area contributed by atoms with Gasteiger partial charge in [0.15, 0.2) is 0 Å². The molecule has 0 saturated carbocycles. The van der Waals surface area contributed by atoms with E-state index in [1.807, 2.05) is 36.1 Å². The van der Waals surface area contributed by atoms with Gasteiger partial charge in [0.1, 0.15) is 11.9 Å². The van der Waals surface area contributed by atoms with Crippen LogP contribution in [-0.4, -0.2) is 40.9 Å². The van der Waals surface area contributed by atoms with Crippen molar-refractivity contribution in [1.29, 1.82) is 0 Å². The van der Waals surface area contributed by atoms with E-state index in [4.69, 9.17) is 4.74 Å². The number of para-hydroxylation sites is 1. The van der Waals surface area contributed by atoms with E-state index in [9.17, 15) is 0 Å². The summed E-state index contributed by atoms with van der Waals surface area (Å²) >= 11 is 3.56. The average molecular weight is 336 g/mol. The standard InChI is InChI=1S/C15H18BrN3O/c1-18-8-7-11(10-18)20-14-6-4-3-5-12(14)15-13(16)9-17-19(15)2/h3-6,9,11H,7-8,10H2,1-2H3/t11-/m1/s1. The van der Waals surface area contributed by atoms with Crippen LogP contribution >= 0.6 is 15.9 Å². The Bertz CT molecular complexity index is 591. The van der Waals surface area contributed by atoms with Crippen LogP contribution in [0.2, 0.25) is 0 Å². The third kappa shape index (κ3) is 2.60. The van der Waals surface area contributed by atoms with Crippen molar-refractivity contribution in [2.45, 2.75) is 12.5 Å². The summed E-state index contributed by atoms with van der Waals surface area (Å²) in [6.45, 7) is 2.09. The molecule has 5 heteroatoms. The molecule has 0 amide bonds. The van der Waals surface area contributed by atoms with Crippen LogP contribution in [0, 0.1) is 0 Å². The Hall–Kier alpha value is -1.33. The third-order valence-electron chi connectivity index (χ3n) is 3.68. The fourth-order valence-electron chi connectivity index (χ4n) is 2.65. The maximum Gasteiger partial charge on any atom is 0.129 e. The molecule has 4 nitrogen and oxygen atoms in total. The van der Waals surface area contributed by atoms with Crippen LogP contribution in [0.5, 0.6) is 5.75 Å². The molecule has 1 aromatic carbocycles. The molecule has 0 unspecified atom stereocenters. The van der Waals surface area contributed by atoms with E-state index in [1.165, 1.54) is 0 Å². The van der Waals surface area contributed by atoms with Crippen molar-refractivity contribution < 1.29 is 4.74 Å². The Morgan fingerprint density at radius 1 is 1.30 bits per heavy atom. The lowest BCUT2D eigenvalue weighted by Gasteiger charge is -2.17. The lowest BCUT2D eigenvalue weighted by molar-refractivity contribution is 0.209. The Balaban J connectivity index is 1.93. The molecule has 0 aliphatic carbocycles. The predicted octanol–water partition coefficient (Wildman–Crippen LogP) is 2.93. The van der Waals surface area contributed by atoms with Gasteiger partial charge in [-0.1, -0.05) is 12.1 Å². The van der Waals surface area contributed by atoms with Crippen molar-refractivity contribution >= 4 is 15.9 Å². The number of rotatable bonds is 3. The molecule has 2 aromatic rings. The van der Waals surface area contributed by atoms with Gasteiger partial charge in [-0.2, -0.15) is 5.10 Å². The highest BCUT2D eigenvalue weighted by Crippen LogP contribution is 2.35. The molecule has 1 saturated heterocycles. The minimum Gasteiger partial charge on any atom is -0.488 e.